The molecular weight excluding hydrogens is 364 g/mol. The third-order valence-electron chi connectivity index (χ3n) is 7.28. The number of hydrogen-bond donors (Lipinski definition) is 0. The predicted octanol–water partition coefficient (Wildman–Crippen LogP) is 3.25. The summed E-state index contributed by atoms with van der Waals surface area (Å²) in [6.07, 6.45) is 8.14. The van der Waals surface area contributed by atoms with Gasteiger partial charge in [-0.2, -0.15) is 9.61 Å². The topological polar surface area (TPSA) is 66.6 Å². The van der Waals surface area contributed by atoms with Crippen LogP contribution in [0.15, 0.2) is 12.4 Å². The Labute approximate surface area is 172 Å². The number of amides is 1. The number of nitrogens with zero attached hydrogens (tertiary/aromatic N) is 6. The summed E-state index contributed by atoms with van der Waals surface area (Å²) in [5, 5.41) is 13.2. The van der Waals surface area contributed by atoms with Crippen molar-refractivity contribution in [1.29, 1.82) is 0 Å². The average molecular weight is 397 g/mol. The van der Waals surface area contributed by atoms with Crippen molar-refractivity contribution in [3.05, 3.63) is 18.1 Å². The van der Waals surface area contributed by atoms with Gasteiger partial charge in [0.2, 0.25) is 11.6 Å². The second-order valence-corrected chi connectivity index (χ2v) is 9.49. The molecule has 5 rings (SSSR count). The van der Waals surface area contributed by atoms with Crippen LogP contribution >= 0.6 is 0 Å². The fourth-order valence-electron chi connectivity index (χ4n) is 5.98. The van der Waals surface area contributed by atoms with E-state index >= 15 is 0 Å². The second kappa shape index (κ2) is 7.26. The Kier molecular flexibility index (Phi) is 4.71. The molecule has 0 radical (unpaired) electrons. The van der Waals surface area contributed by atoms with E-state index in [0.717, 1.165) is 62.2 Å². The van der Waals surface area contributed by atoms with Crippen LogP contribution in [0.5, 0.6) is 0 Å². The van der Waals surface area contributed by atoms with Crippen LogP contribution < -0.4 is 4.90 Å². The summed E-state index contributed by atoms with van der Waals surface area (Å²) >= 11 is 0. The number of piperidine rings is 3. The molecule has 0 aromatic carbocycles. The van der Waals surface area contributed by atoms with Gasteiger partial charge in [0.05, 0.1) is 11.4 Å². The van der Waals surface area contributed by atoms with E-state index in [4.69, 9.17) is 5.10 Å². The van der Waals surface area contributed by atoms with Crippen LogP contribution in [0, 0.1) is 11.8 Å². The Balaban J connectivity index is 1.53. The van der Waals surface area contributed by atoms with Gasteiger partial charge in [0.15, 0.2) is 0 Å². The van der Waals surface area contributed by atoms with Gasteiger partial charge in [-0.05, 0) is 49.5 Å². The molecule has 0 unspecified atom stereocenters. The summed E-state index contributed by atoms with van der Waals surface area (Å²) in [5.41, 5.74) is 3.07. The molecule has 7 nitrogen and oxygen atoms in total. The molecule has 1 amide bonds. The normalized spacial score (nSPS) is 29.6. The van der Waals surface area contributed by atoms with Crippen LogP contribution in [0.3, 0.4) is 0 Å². The third kappa shape index (κ3) is 3.09. The first-order valence-corrected chi connectivity index (χ1v) is 11.3. The maximum atomic E-state index is 12.8. The van der Waals surface area contributed by atoms with Gasteiger partial charge < -0.3 is 9.80 Å². The van der Waals surface area contributed by atoms with Crippen LogP contribution in [0.1, 0.15) is 70.9 Å². The molecule has 2 bridgehead atoms. The molecule has 7 heteroatoms. The molecular formula is C22H32N6O. The molecule has 0 saturated carbocycles. The summed E-state index contributed by atoms with van der Waals surface area (Å²) in [6, 6.07) is 3.01. The second-order valence-electron chi connectivity index (χ2n) is 9.49. The standard InChI is InChI=1S/C22H32N6O/c1-4-6-18-15-9-16(19-7-5-8-21(29)28(18)19)12-26(11-15)20-10-17(14(2)3)25-27-13-23-24-22(20)27/h10,13-16,18-19H,4-9,11-12H2,1-3H3/t15-,16+,18-,19-/m0/s1. The Morgan fingerprint density at radius 1 is 1.24 bits per heavy atom. The summed E-state index contributed by atoms with van der Waals surface area (Å²) in [7, 11) is 0. The van der Waals surface area contributed by atoms with Gasteiger partial charge in [-0.3, -0.25) is 4.79 Å². The van der Waals surface area contributed by atoms with Gasteiger partial charge in [-0.25, -0.2) is 0 Å². The summed E-state index contributed by atoms with van der Waals surface area (Å²) < 4.78 is 1.83. The van der Waals surface area contributed by atoms with E-state index in [1.54, 1.807) is 6.33 Å². The molecule has 156 valence electrons. The van der Waals surface area contributed by atoms with E-state index in [0.29, 0.717) is 35.7 Å². The van der Waals surface area contributed by atoms with Crippen molar-refractivity contribution in [2.24, 2.45) is 11.8 Å². The molecule has 2 aromatic heterocycles. The zero-order valence-corrected chi connectivity index (χ0v) is 17.8. The molecule has 29 heavy (non-hydrogen) atoms. The minimum atomic E-state index is 0.351. The molecule has 0 N–H and O–H groups in total. The van der Waals surface area contributed by atoms with Crippen LogP contribution in [-0.2, 0) is 4.79 Å². The maximum absolute atomic E-state index is 12.8. The third-order valence-corrected chi connectivity index (χ3v) is 7.28. The lowest BCUT2D eigenvalue weighted by molar-refractivity contribution is -0.149. The van der Waals surface area contributed by atoms with Crippen molar-refractivity contribution in [1.82, 2.24) is 24.7 Å². The van der Waals surface area contributed by atoms with E-state index < -0.39 is 0 Å². The van der Waals surface area contributed by atoms with Crippen LogP contribution in [0.2, 0.25) is 0 Å². The van der Waals surface area contributed by atoms with Gasteiger partial charge in [-0.1, -0.05) is 27.2 Å². The lowest BCUT2D eigenvalue weighted by Crippen LogP contribution is -2.65. The maximum Gasteiger partial charge on any atom is 0.223 e. The quantitative estimate of drug-likeness (QED) is 0.794. The number of aromatic nitrogens is 4. The fourth-order valence-corrected chi connectivity index (χ4v) is 5.98. The number of hydrogen-bond acceptors (Lipinski definition) is 5. The highest BCUT2D eigenvalue weighted by Gasteiger charge is 2.49. The molecule has 3 saturated heterocycles. The van der Waals surface area contributed by atoms with Gasteiger partial charge in [0, 0.05) is 31.6 Å². The summed E-state index contributed by atoms with van der Waals surface area (Å²) in [4.78, 5) is 17.7. The molecule has 4 atom stereocenters. The first-order chi connectivity index (χ1) is 14.1. The number of anilines is 1. The molecule has 3 aliphatic heterocycles. The Bertz CT molecular complexity index is 908. The number of carbonyl (C=O) groups is 1. The molecule has 2 aromatic rings. The van der Waals surface area contributed by atoms with Gasteiger partial charge >= 0.3 is 0 Å². The van der Waals surface area contributed by atoms with Crippen molar-refractivity contribution in [3.63, 3.8) is 0 Å². The minimum Gasteiger partial charge on any atom is -0.368 e. The minimum absolute atomic E-state index is 0.351. The largest absolute Gasteiger partial charge is 0.368 e. The average Bonchev–Trinajstić information content (AvgIpc) is 3.19. The van der Waals surface area contributed by atoms with Gasteiger partial charge in [-0.15, -0.1) is 10.2 Å². The van der Waals surface area contributed by atoms with Gasteiger partial charge in [0.25, 0.3) is 0 Å². The van der Waals surface area contributed by atoms with Crippen molar-refractivity contribution in [2.45, 2.75) is 77.3 Å². The zero-order chi connectivity index (χ0) is 20.1. The Morgan fingerprint density at radius 3 is 2.86 bits per heavy atom. The molecule has 0 aliphatic carbocycles. The molecule has 0 spiro atoms. The first kappa shape index (κ1) is 18.8. The highest BCUT2D eigenvalue weighted by atomic mass is 16.2. The molecule has 3 aliphatic rings. The van der Waals surface area contributed by atoms with Crippen LogP contribution in [0.25, 0.3) is 5.65 Å². The number of carbonyl (C=O) groups excluding carboxylic acids is 1. The van der Waals surface area contributed by atoms with Crippen molar-refractivity contribution in [3.8, 4) is 0 Å². The molecule has 3 fully saturated rings. The van der Waals surface area contributed by atoms with Crippen molar-refractivity contribution < 1.29 is 4.79 Å². The Hall–Kier alpha value is -2.18. The fraction of sp³-hybridized carbons (Fsp3) is 0.727. The predicted molar refractivity (Wildman–Crippen MR) is 112 cm³/mol. The zero-order valence-electron chi connectivity index (χ0n) is 17.8. The first-order valence-electron chi connectivity index (χ1n) is 11.3. The highest BCUT2D eigenvalue weighted by molar-refractivity contribution is 5.78. The summed E-state index contributed by atoms with van der Waals surface area (Å²) in [5.74, 6) is 1.83. The summed E-state index contributed by atoms with van der Waals surface area (Å²) in [6.45, 7) is 8.58. The van der Waals surface area contributed by atoms with E-state index in [1.807, 2.05) is 4.52 Å². The lowest BCUT2D eigenvalue weighted by atomic mass is 9.71. The van der Waals surface area contributed by atoms with E-state index in [-0.39, 0.29) is 0 Å². The van der Waals surface area contributed by atoms with Crippen LogP contribution in [-0.4, -0.2) is 55.8 Å². The highest BCUT2D eigenvalue weighted by Crippen LogP contribution is 2.44. The molecule has 5 heterocycles. The lowest BCUT2D eigenvalue weighted by Gasteiger charge is -2.57. The number of fused-ring (bicyclic) bond motifs is 5. The van der Waals surface area contributed by atoms with E-state index in [1.165, 1.54) is 6.42 Å². The van der Waals surface area contributed by atoms with Crippen molar-refractivity contribution >= 4 is 17.2 Å². The number of rotatable bonds is 4. The van der Waals surface area contributed by atoms with E-state index in [9.17, 15) is 4.79 Å². The van der Waals surface area contributed by atoms with Crippen molar-refractivity contribution in [2.75, 3.05) is 18.0 Å². The smallest absolute Gasteiger partial charge is 0.223 e. The Morgan fingerprint density at radius 2 is 2.07 bits per heavy atom. The SMILES string of the molecule is CCC[C@H]1[C@H]2C[C@H](CN(c3cc(C(C)C)nn4cnnc34)C2)[C@@H]2CCCC(=O)N21. The monoisotopic (exact) mass is 396 g/mol. The van der Waals surface area contributed by atoms with Crippen LogP contribution in [0.4, 0.5) is 5.69 Å². The van der Waals surface area contributed by atoms with Gasteiger partial charge in [0.1, 0.15) is 6.33 Å². The van der Waals surface area contributed by atoms with E-state index in [2.05, 4.69) is 46.8 Å².